The molecule has 5 heteroatoms. The van der Waals surface area contributed by atoms with Crippen molar-refractivity contribution in [2.24, 2.45) is 0 Å². The first-order chi connectivity index (χ1) is 9.40. The van der Waals surface area contributed by atoms with Crippen molar-refractivity contribution in [3.05, 3.63) is 35.9 Å². The lowest BCUT2D eigenvalue weighted by Gasteiger charge is -2.34. The highest BCUT2D eigenvalue weighted by molar-refractivity contribution is 7.89. The lowest BCUT2D eigenvalue weighted by atomic mass is 9.92. The number of benzene rings is 1. The molecular formula is C15H24N2O2S. The van der Waals surface area contributed by atoms with Gasteiger partial charge in [0.05, 0.1) is 5.75 Å². The van der Waals surface area contributed by atoms with E-state index in [1.165, 1.54) is 0 Å². The summed E-state index contributed by atoms with van der Waals surface area (Å²) in [6, 6.07) is 9.79. The fourth-order valence-electron chi connectivity index (χ4n) is 2.70. The van der Waals surface area contributed by atoms with Gasteiger partial charge in [-0.3, -0.25) is 0 Å². The molecule has 0 bridgehead atoms. The van der Waals surface area contributed by atoms with Crippen molar-refractivity contribution in [3.8, 4) is 0 Å². The molecule has 1 aromatic carbocycles. The van der Waals surface area contributed by atoms with E-state index in [1.54, 1.807) is 0 Å². The number of sulfonamides is 1. The van der Waals surface area contributed by atoms with Crippen LogP contribution in [-0.4, -0.2) is 32.8 Å². The first-order valence-corrected chi connectivity index (χ1v) is 8.83. The lowest BCUT2D eigenvalue weighted by molar-refractivity contribution is 0.307. The Morgan fingerprint density at radius 1 is 1.25 bits per heavy atom. The monoisotopic (exact) mass is 296 g/mol. The number of hydrogen-bond acceptors (Lipinski definition) is 3. The number of nitrogens with one attached hydrogen (secondary N) is 2. The van der Waals surface area contributed by atoms with Gasteiger partial charge in [0.25, 0.3) is 0 Å². The molecule has 0 amide bonds. The van der Waals surface area contributed by atoms with E-state index in [0.29, 0.717) is 0 Å². The van der Waals surface area contributed by atoms with Gasteiger partial charge in [0.2, 0.25) is 10.0 Å². The second kappa shape index (κ2) is 6.24. The molecule has 2 N–H and O–H groups in total. The zero-order valence-corrected chi connectivity index (χ0v) is 13.0. The van der Waals surface area contributed by atoms with Gasteiger partial charge in [-0.1, -0.05) is 37.3 Å². The van der Waals surface area contributed by atoms with Crippen molar-refractivity contribution in [1.29, 1.82) is 0 Å². The Morgan fingerprint density at radius 2 is 1.85 bits per heavy atom. The highest BCUT2D eigenvalue weighted by Crippen LogP contribution is 2.21. The molecular weight excluding hydrogens is 272 g/mol. The molecule has 2 rings (SSSR count). The van der Waals surface area contributed by atoms with Gasteiger partial charge in [-0.15, -0.1) is 0 Å². The third-order valence-corrected chi connectivity index (χ3v) is 5.69. The molecule has 1 aromatic rings. The standard InChI is InChI=1S/C15H24N2O2S/c1-13(14-6-4-3-5-7-14)12-20(18,19)17-15(2)8-10-16-11-9-15/h3-7,13,16-17H,8-12H2,1-2H3. The van der Waals surface area contributed by atoms with Gasteiger partial charge in [-0.2, -0.15) is 0 Å². The summed E-state index contributed by atoms with van der Waals surface area (Å²) in [7, 11) is -3.26. The SMILES string of the molecule is CC(CS(=O)(=O)NC1(C)CCNCC1)c1ccccc1. The highest BCUT2D eigenvalue weighted by Gasteiger charge is 2.31. The maximum absolute atomic E-state index is 12.4. The van der Waals surface area contributed by atoms with E-state index < -0.39 is 10.0 Å². The molecule has 0 saturated carbocycles. The molecule has 20 heavy (non-hydrogen) atoms. The molecule has 1 aliphatic heterocycles. The summed E-state index contributed by atoms with van der Waals surface area (Å²) in [6.07, 6.45) is 1.68. The quantitative estimate of drug-likeness (QED) is 0.872. The van der Waals surface area contributed by atoms with Crippen molar-refractivity contribution in [2.45, 2.75) is 38.1 Å². The van der Waals surface area contributed by atoms with Crippen LogP contribution in [0.25, 0.3) is 0 Å². The molecule has 1 heterocycles. The van der Waals surface area contributed by atoms with Crippen molar-refractivity contribution in [2.75, 3.05) is 18.8 Å². The van der Waals surface area contributed by atoms with Crippen LogP contribution >= 0.6 is 0 Å². The average molecular weight is 296 g/mol. The fourth-order valence-corrected chi connectivity index (χ4v) is 4.59. The fraction of sp³-hybridized carbons (Fsp3) is 0.600. The van der Waals surface area contributed by atoms with Crippen LogP contribution in [0.15, 0.2) is 30.3 Å². The van der Waals surface area contributed by atoms with Crippen LogP contribution in [-0.2, 0) is 10.0 Å². The van der Waals surface area contributed by atoms with Gasteiger partial charge in [-0.05, 0) is 44.3 Å². The molecule has 1 aliphatic rings. The van der Waals surface area contributed by atoms with Crippen LogP contribution < -0.4 is 10.0 Å². The Balaban J connectivity index is 2.00. The third-order valence-electron chi connectivity index (χ3n) is 3.95. The molecule has 112 valence electrons. The van der Waals surface area contributed by atoms with Crippen molar-refractivity contribution in [1.82, 2.24) is 10.0 Å². The molecule has 1 fully saturated rings. The minimum absolute atomic E-state index is 0.000912. The second-order valence-electron chi connectivity index (χ2n) is 6.01. The molecule has 0 aromatic heterocycles. The van der Waals surface area contributed by atoms with Crippen LogP contribution in [0, 0.1) is 0 Å². The Hall–Kier alpha value is -0.910. The zero-order chi connectivity index (χ0) is 14.6. The molecule has 1 unspecified atom stereocenters. The van der Waals surface area contributed by atoms with E-state index in [4.69, 9.17) is 0 Å². The predicted molar refractivity (Wildman–Crippen MR) is 82.3 cm³/mol. The predicted octanol–water partition coefficient (Wildman–Crippen LogP) is 1.85. The summed E-state index contributed by atoms with van der Waals surface area (Å²) in [6.45, 7) is 5.69. The van der Waals surface area contributed by atoms with Crippen LogP contribution in [0.2, 0.25) is 0 Å². The van der Waals surface area contributed by atoms with E-state index in [-0.39, 0.29) is 17.2 Å². The zero-order valence-electron chi connectivity index (χ0n) is 12.2. The minimum atomic E-state index is -3.26. The first-order valence-electron chi connectivity index (χ1n) is 7.18. The van der Waals surface area contributed by atoms with Gasteiger partial charge in [0.15, 0.2) is 0 Å². The summed E-state index contributed by atoms with van der Waals surface area (Å²) in [4.78, 5) is 0. The van der Waals surface area contributed by atoms with Crippen LogP contribution in [0.1, 0.15) is 38.2 Å². The maximum atomic E-state index is 12.4. The van der Waals surface area contributed by atoms with Gasteiger partial charge in [0.1, 0.15) is 0 Å². The Bertz CT molecular complexity index is 522. The van der Waals surface area contributed by atoms with E-state index in [0.717, 1.165) is 31.5 Å². The molecule has 1 atom stereocenters. The lowest BCUT2D eigenvalue weighted by Crippen LogP contribution is -2.53. The van der Waals surface area contributed by atoms with Crippen molar-refractivity contribution < 1.29 is 8.42 Å². The molecule has 0 spiro atoms. The summed E-state index contributed by atoms with van der Waals surface area (Å²) < 4.78 is 27.6. The van der Waals surface area contributed by atoms with Crippen LogP contribution in [0.4, 0.5) is 0 Å². The molecule has 4 nitrogen and oxygen atoms in total. The second-order valence-corrected chi connectivity index (χ2v) is 7.77. The molecule has 0 radical (unpaired) electrons. The van der Waals surface area contributed by atoms with E-state index >= 15 is 0 Å². The summed E-state index contributed by atoms with van der Waals surface area (Å²) in [5.41, 5.74) is 0.758. The van der Waals surface area contributed by atoms with Gasteiger partial charge >= 0.3 is 0 Å². The summed E-state index contributed by atoms with van der Waals surface area (Å²) >= 11 is 0. The Kier molecular flexibility index (Phi) is 4.83. The molecule has 0 aliphatic carbocycles. The van der Waals surface area contributed by atoms with Crippen molar-refractivity contribution >= 4 is 10.0 Å². The Morgan fingerprint density at radius 3 is 2.45 bits per heavy atom. The van der Waals surface area contributed by atoms with Crippen molar-refractivity contribution in [3.63, 3.8) is 0 Å². The summed E-state index contributed by atoms with van der Waals surface area (Å²) in [5, 5.41) is 3.26. The third kappa shape index (κ3) is 4.30. The highest BCUT2D eigenvalue weighted by atomic mass is 32.2. The summed E-state index contributed by atoms with van der Waals surface area (Å²) in [5.74, 6) is 0.138. The van der Waals surface area contributed by atoms with Gasteiger partial charge in [0, 0.05) is 5.54 Å². The van der Waals surface area contributed by atoms with E-state index in [9.17, 15) is 8.42 Å². The smallest absolute Gasteiger partial charge is 0.212 e. The van der Waals surface area contributed by atoms with Crippen LogP contribution in [0.3, 0.4) is 0 Å². The van der Waals surface area contributed by atoms with Gasteiger partial charge < -0.3 is 5.32 Å². The molecule has 1 saturated heterocycles. The van der Waals surface area contributed by atoms with E-state index in [2.05, 4.69) is 10.0 Å². The van der Waals surface area contributed by atoms with Crippen LogP contribution in [0.5, 0.6) is 0 Å². The normalized spacial score (nSPS) is 20.5. The number of hydrogen-bond donors (Lipinski definition) is 2. The maximum Gasteiger partial charge on any atom is 0.212 e. The van der Waals surface area contributed by atoms with E-state index in [1.807, 2.05) is 44.2 Å². The first kappa shape index (κ1) is 15.5. The minimum Gasteiger partial charge on any atom is -0.317 e. The topological polar surface area (TPSA) is 58.2 Å². The Labute approximate surface area is 122 Å². The van der Waals surface area contributed by atoms with Gasteiger partial charge in [-0.25, -0.2) is 13.1 Å². The largest absolute Gasteiger partial charge is 0.317 e. The number of piperidine rings is 1. The average Bonchev–Trinajstić information content (AvgIpc) is 2.38. The number of rotatable bonds is 5.